The second-order valence-corrected chi connectivity index (χ2v) is 8.31. The number of nitrogens with zero attached hydrogens (tertiary/aromatic N) is 3. The molecule has 180 valence electrons. The fraction of sp³-hybridized carbons (Fsp3) is 0.400. The van der Waals surface area contributed by atoms with Crippen LogP contribution in [0.4, 0.5) is 5.69 Å². The summed E-state index contributed by atoms with van der Waals surface area (Å²) in [5, 5.41) is 17.7. The highest BCUT2D eigenvalue weighted by Crippen LogP contribution is 2.17. The van der Waals surface area contributed by atoms with Crippen molar-refractivity contribution in [2.24, 2.45) is 5.10 Å². The van der Waals surface area contributed by atoms with E-state index in [4.69, 9.17) is 0 Å². The summed E-state index contributed by atoms with van der Waals surface area (Å²) < 4.78 is 0. The van der Waals surface area contributed by atoms with E-state index in [0.717, 1.165) is 38.8 Å². The van der Waals surface area contributed by atoms with Gasteiger partial charge in [0, 0.05) is 24.2 Å². The van der Waals surface area contributed by atoms with E-state index >= 15 is 0 Å². The Morgan fingerprint density at radius 2 is 1.74 bits per heavy atom. The highest BCUT2D eigenvalue weighted by Gasteiger charge is 2.26. The predicted octanol–water partition coefficient (Wildman–Crippen LogP) is 3.50. The van der Waals surface area contributed by atoms with E-state index in [2.05, 4.69) is 20.7 Å². The Kier molecular flexibility index (Phi) is 9.72. The smallest absolute Gasteiger partial charge is 0.269 e. The number of likely N-dealkylation sites (tertiary alicyclic amines) is 1. The predicted molar refractivity (Wildman–Crippen MR) is 131 cm³/mol. The fourth-order valence-corrected chi connectivity index (χ4v) is 3.99. The first-order valence-electron chi connectivity index (χ1n) is 11.7. The van der Waals surface area contributed by atoms with Crippen LogP contribution in [0, 0.1) is 10.1 Å². The van der Waals surface area contributed by atoms with Gasteiger partial charge in [0.15, 0.2) is 0 Å². The van der Waals surface area contributed by atoms with Crippen molar-refractivity contribution in [2.45, 2.75) is 44.6 Å². The Balaban J connectivity index is 1.48. The van der Waals surface area contributed by atoms with Crippen molar-refractivity contribution in [3.63, 3.8) is 0 Å². The van der Waals surface area contributed by atoms with Crippen LogP contribution < -0.4 is 10.7 Å². The van der Waals surface area contributed by atoms with Crippen LogP contribution in [0.1, 0.15) is 54.4 Å². The maximum Gasteiger partial charge on any atom is 0.269 e. The Hall–Kier alpha value is -3.59. The highest BCUT2D eigenvalue weighted by molar-refractivity contribution is 5.94. The number of nitrogens with one attached hydrogen (secondary N) is 2. The van der Waals surface area contributed by atoms with Crippen molar-refractivity contribution in [3.05, 3.63) is 75.8 Å². The SMILES string of the molecule is O=C(NCCCCC(C(=O)N/N=C/c1ccc([N+](=O)[O-])cc1)N1CCCCC1)c1ccccc1. The number of nitro benzene ring substituents is 1. The summed E-state index contributed by atoms with van der Waals surface area (Å²) in [5.74, 6) is -0.250. The molecule has 1 atom stereocenters. The monoisotopic (exact) mass is 465 g/mol. The van der Waals surface area contributed by atoms with Gasteiger partial charge in [-0.25, -0.2) is 5.43 Å². The molecule has 1 heterocycles. The number of hydrogen-bond donors (Lipinski definition) is 2. The molecule has 1 aliphatic rings. The number of piperidine rings is 1. The molecule has 0 aromatic heterocycles. The molecule has 0 spiro atoms. The van der Waals surface area contributed by atoms with E-state index < -0.39 is 4.92 Å². The largest absolute Gasteiger partial charge is 0.352 e. The fourth-order valence-electron chi connectivity index (χ4n) is 3.99. The minimum absolute atomic E-state index is 0.00584. The topological polar surface area (TPSA) is 117 Å². The van der Waals surface area contributed by atoms with E-state index in [1.807, 2.05) is 18.2 Å². The van der Waals surface area contributed by atoms with Crippen LogP contribution in [0.3, 0.4) is 0 Å². The third kappa shape index (κ3) is 7.77. The molecular weight excluding hydrogens is 434 g/mol. The number of amides is 2. The van der Waals surface area contributed by atoms with Crippen molar-refractivity contribution in [2.75, 3.05) is 19.6 Å². The first-order chi connectivity index (χ1) is 16.5. The van der Waals surface area contributed by atoms with Gasteiger partial charge in [-0.2, -0.15) is 5.10 Å². The number of nitro groups is 1. The maximum atomic E-state index is 12.9. The molecule has 3 rings (SSSR count). The average molecular weight is 466 g/mol. The molecule has 34 heavy (non-hydrogen) atoms. The van der Waals surface area contributed by atoms with E-state index in [1.54, 1.807) is 24.3 Å². The zero-order valence-corrected chi connectivity index (χ0v) is 19.2. The first-order valence-corrected chi connectivity index (χ1v) is 11.7. The van der Waals surface area contributed by atoms with E-state index in [1.165, 1.54) is 24.8 Å². The number of carbonyl (C=O) groups is 2. The molecule has 0 saturated carbocycles. The summed E-state index contributed by atoms with van der Waals surface area (Å²) in [7, 11) is 0. The molecule has 0 radical (unpaired) electrons. The Morgan fingerprint density at radius 1 is 1.03 bits per heavy atom. The molecule has 0 bridgehead atoms. The lowest BCUT2D eigenvalue weighted by Gasteiger charge is -2.33. The van der Waals surface area contributed by atoms with Gasteiger partial charge in [-0.15, -0.1) is 0 Å². The van der Waals surface area contributed by atoms with Crippen LogP contribution in [0.2, 0.25) is 0 Å². The molecule has 2 amide bonds. The van der Waals surface area contributed by atoms with Crippen LogP contribution in [0.5, 0.6) is 0 Å². The van der Waals surface area contributed by atoms with Crippen molar-refractivity contribution >= 4 is 23.7 Å². The Morgan fingerprint density at radius 3 is 2.41 bits per heavy atom. The highest BCUT2D eigenvalue weighted by atomic mass is 16.6. The quantitative estimate of drug-likeness (QED) is 0.228. The van der Waals surface area contributed by atoms with Gasteiger partial charge in [-0.1, -0.05) is 24.6 Å². The van der Waals surface area contributed by atoms with Crippen LogP contribution in [-0.4, -0.2) is 53.5 Å². The van der Waals surface area contributed by atoms with Crippen LogP contribution in [0.15, 0.2) is 59.7 Å². The molecule has 2 aromatic rings. The second-order valence-electron chi connectivity index (χ2n) is 8.31. The van der Waals surface area contributed by atoms with Crippen LogP contribution >= 0.6 is 0 Å². The zero-order chi connectivity index (χ0) is 24.2. The number of rotatable bonds is 11. The number of benzene rings is 2. The molecule has 1 fully saturated rings. The van der Waals surface area contributed by atoms with Crippen LogP contribution in [0.25, 0.3) is 0 Å². The molecule has 0 aliphatic carbocycles. The Bertz CT molecular complexity index is 973. The summed E-state index contributed by atoms with van der Waals surface area (Å²) in [6, 6.07) is 14.8. The molecule has 9 nitrogen and oxygen atoms in total. The summed E-state index contributed by atoms with van der Waals surface area (Å²) in [4.78, 5) is 37.6. The van der Waals surface area contributed by atoms with Crippen molar-refractivity contribution in [1.29, 1.82) is 0 Å². The molecule has 1 unspecified atom stereocenters. The van der Waals surface area contributed by atoms with Gasteiger partial charge in [0.25, 0.3) is 17.5 Å². The first kappa shape index (κ1) is 25.0. The van der Waals surface area contributed by atoms with E-state index in [-0.39, 0.29) is 23.5 Å². The summed E-state index contributed by atoms with van der Waals surface area (Å²) in [6.07, 6.45) is 7.06. The summed E-state index contributed by atoms with van der Waals surface area (Å²) in [5.41, 5.74) is 3.94. The molecule has 2 aromatic carbocycles. The lowest BCUT2D eigenvalue weighted by atomic mass is 10.0. The van der Waals surface area contributed by atoms with Crippen molar-refractivity contribution < 1.29 is 14.5 Å². The van der Waals surface area contributed by atoms with Gasteiger partial charge in [-0.3, -0.25) is 24.6 Å². The van der Waals surface area contributed by atoms with Gasteiger partial charge in [0.1, 0.15) is 0 Å². The standard InChI is InChI=1S/C25H31N5O4/c31-24(21-9-3-1-4-10-21)26-16-6-5-11-23(29-17-7-2-8-18-29)25(32)28-27-19-20-12-14-22(15-13-20)30(33)34/h1,3-4,9-10,12-15,19,23H,2,5-8,11,16-18H2,(H,26,31)(H,28,32)/b27-19+. The number of non-ortho nitro benzene ring substituents is 1. The average Bonchev–Trinajstić information content (AvgIpc) is 2.87. The molecule has 9 heteroatoms. The van der Waals surface area contributed by atoms with Crippen molar-refractivity contribution in [1.82, 2.24) is 15.6 Å². The lowest BCUT2D eigenvalue weighted by Crippen LogP contribution is -2.47. The minimum atomic E-state index is -0.459. The van der Waals surface area contributed by atoms with Crippen molar-refractivity contribution in [3.8, 4) is 0 Å². The zero-order valence-electron chi connectivity index (χ0n) is 19.2. The van der Waals surface area contributed by atoms with Gasteiger partial charge in [0.2, 0.25) is 0 Å². The molecule has 2 N–H and O–H groups in total. The lowest BCUT2D eigenvalue weighted by molar-refractivity contribution is -0.384. The number of carbonyl (C=O) groups excluding carboxylic acids is 2. The third-order valence-corrected chi connectivity index (χ3v) is 5.85. The van der Waals surface area contributed by atoms with Crippen LogP contribution in [-0.2, 0) is 4.79 Å². The summed E-state index contributed by atoms with van der Waals surface area (Å²) >= 11 is 0. The third-order valence-electron chi connectivity index (χ3n) is 5.85. The second kappa shape index (κ2) is 13.2. The van der Waals surface area contributed by atoms with E-state index in [9.17, 15) is 19.7 Å². The number of hydrazone groups is 1. The molecular formula is C25H31N5O4. The maximum absolute atomic E-state index is 12.9. The van der Waals surface area contributed by atoms with Gasteiger partial charge in [0.05, 0.1) is 17.2 Å². The minimum Gasteiger partial charge on any atom is -0.352 e. The van der Waals surface area contributed by atoms with Gasteiger partial charge < -0.3 is 5.32 Å². The van der Waals surface area contributed by atoms with E-state index in [0.29, 0.717) is 24.1 Å². The number of unbranched alkanes of at least 4 members (excludes halogenated alkanes) is 1. The van der Waals surface area contributed by atoms with Gasteiger partial charge in [-0.05, 0) is 75.0 Å². The van der Waals surface area contributed by atoms with Gasteiger partial charge >= 0.3 is 0 Å². The summed E-state index contributed by atoms with van der Waals surface area (Å²) in [6.45, 7) is 2.32. The number of hydrogen-bond acceptors (Lipinski definition) is 6. The normalized spacial score (nSPS) is 15.1. The Labute approximate surface area is 199 Å². The molecule has 1 aliphatic heterocycles. The molecule has 1 saturated heterocycles.